The predicted octanol–water partition coefficient (Wildman–Crippen LogP) is 2.73. The van der Waals surface area contributed by atoms with Gasteiger partial charge in [-0.1, -0.05) is 6.58 Å². The SMILES string of the molecule is C=C1N[C@H](C)COc2ncc(F)cc2C2(CC2)N(C)c2ccc3ncc1n3n2. The third-order valence-corrected chi connectivity index (χ3v) is 5.58. The van der Waals surface area contributed by atoms with E-state index >= 15 is 0 Å². The molecule has 3 aromatic rings. The van der Waals surface area contributed by atoms with Crippen molar-refractivity contribution in [3.8, 4) is 5.88 Å². The van der Waals surface area contributed by atoms with Crippen molar-refractivity contribution in [3.63, 3.8) is 0 Å². The molecule has 0 radical (unpaired) electrons. The lowest BCUT2D eigenvalue weighted by molar-refractivity contribution is 0.268. The highest BCUT2D eigenvalue weighted by Gasteiger charge is 2.51. The molecule has 4 heterocycles. The van der Waals surface area contributed by atoms with Crippen LogP contribution in [0.4, 0.5) is 10.2 Å². The van der Waals surface area contributed by atoms with Crippen molar-refractivity contribution >= 4 is 17.2 Å². The van der Waals surface area contributed by atoms with E-state index in [2.05, 4.69) is 26.8 Å². The predicted molar refractivity (Wildman–Crippen MR) is 104 cm³/mol. The molecule has 0 saturated heterocycles. The second-order valence-corrected chi connectivity index (χ2v) is 7.54. The van der Waals surface area contributed by atoms with Crippen LogP contribution in [0.5, 0.6) is 5.88 Å². The molecular weight excluding hydrogens is 359 g/mol. The summed E-state index contributed by atoms with van der Waals surface area (Å²) in [5.74, 6) is 0.859. The number of ether oxygens (including phenoxy) is 1. The highest BCUT2D eigenvalue weighted by Crippen LogP contribution is 2.54. The number of imidazole rings is 1. The van der Waals surface area contributed by atoms with Gasteiger partial charge >= 0.3 is 0 Å². The van der Waals surface area contributed by atoms with Crippen LogP contribution in [0.15, 0.2) is 37.2 Å². The van der Waals surface area contributed by atoms with Gasteiger partial charge in [0.2, 0.25) is 5.88 Å². The monoisotopic (exact) mass is 380 g/mol. The number of nitrogens with one attached hydrogen (secondary N) is 1. The van der Waals surface area contributed by atoms with Crippen LogP contribution in [0.25, 0.3) is 11.3 Å². The lowest BCUT2D eigenvalue weighted by Crippen LogP contribution is -2.34. The minimum atomic E-state index is -0.381. The van der Waals surface area contributed by atoms with Gasteiger partial charge in [-0.25, -0.2) is 18.9 Å². The van der Waals surface area contributed by atoms with E-state index in [-0.39, 0.29) is 17.4 Å². The zero-order valence-corrected chi connectivity index (χ0v) is 15.8. The second kappa shape index (κ2) is 5.92. The fourth-order valence-corrected chi connectivity index (χ4v) is 3.86. The van der Waals surface area contributed by atoms with Gasteiger partial charge in [-0.15, -0.1) is 5.10 Å². The molecule has 1 N–H and O–H groups in total. The van der Waals surface area contributed by atoms with Crippen LogP contribution >= 0.6 is 0 Å². The van der Waals surface area contributed by atoms with Gasteiger partial charge in [-0.2, -0.15) is 0 Å². The molecule has 0 aromatic carbocycles. The zero-order chi connectivity index (χ0) is 19.5. The molecule has 2 bridgehead atoms. The van der Waals surface area contributed by atoms with Crippen molar-refractivity contribution in [2.24, 2.45) is 0 Å². The van der Waals surface area contributed by atoms with E-state index in [9.17, 15) is 4.39 Å². The first-order chi connectivity index (χ1) is 13.5. The Balaban J connectivity index is 1.70. The van der Waals surface area contributed by atoms with Gasteiger partial charge in [0.1, 0.15) is 23.9 Å². The first-order valence-electron chi connectivity index (χ1n) is 9.31. The lowest BCUT2D eigenvalue weighted by atomic mass is 10.0. The topological polar surface area (TPSA) is 67.6 Å². The molecular formula is C20H21FN6O. The smallest absolute Gasteiger partial charge is 0.219 e. The number of fused-ring (bicyclic) bond motifs is 3. The van der Waals surface area contributed by atoms with E-state index in [1.807, 2.05) is 26.1 Å². The largest absolute Gasteiger partial charge is 0.475 e. The molecule has 1 spiro atoms. The van der Waals surface area contributed by atoms with Crippen LogP contribution in [0, 0.1) is 5.82 Å². The molecule has 0 amide bonds. The molecule has 8 heteroatoms. The first-order valence-corrected chi connectivity index (χ1v) is 9.31. The Morgan fingerprint density at radius 1 is 1.29 bits per heavy atom. The van der Waals surface area contributed by atoms with Crippen LogP contribution in [-0.2, 0) is 5.54 Å². The average molecular weight is 380 g/mol. The fraction of sp³-hybridized carbons (Fsp3) is 0.350. The molecule has 3 aromatic heterocycles. The van der Waals surface area contributed by atoms with Gasteiger partial charge in [-0.05, 0) is 38.0 Å². The number of pyridine rings is 1. The minimum absolute atomic E-state index is 0.0328. The Morgan fingerprint density at radius 3 is 2.89 bits per heavy atom. The normalized spacial score (nSPS) is 20.8. The Bertz CT molecular complexity index is 1090. The van der Waals surface area contributed by atoms with E-state index in [0.717, 1.165) is 35.6 Å². The standard InChI is InChI=1S/C20H21FN6O/c1-12-11-28-19-15(8-14(21)9-23-19)20(6-7-20)26(3)18-5-4-17-22-10-16(13(2)24-12)27(17)25-18/h4-5,8-10,12,24H,2,6-7,11H2,1,3H3/t12-/m1/s1. The van der Waals surface area contributed by atoms with Gasteiger partial charge in [0, 0.05) is 12.6 Å². The van der Waals surface area contributed by atoms with Crippen molar-refractivity contribution < 1.29 is 9.13 Å². The molecule has 2 aliphatic rings. The Hall–Kier alpha value is -3.16. The maximum absolute atomic E-state index is 14.1. The number of hydrogen-bond acceptors (Lipinski definition) is 6. The van der Waals surface area contributed by atoms with Crippen LogP contribution in [0.1, 0.15) is 31.0 Å². The minimum Gasteiger partial charge on any atom is -0.475 e. The maximum atomic E-state index is 14.1. The highest BCUT2D eigenvalue weighted by molar-refractivity contribution is 5.63. The van der Waals surface area contributed by atoms with E-state index in [4.69, 9.17) is 9.84 Å². The fourth-order valence-electron chi connectivity index (χ4n) is 3.86. The van der Waals surface area contributed by atoms with Crippen molar-refractivity contribution in [2.45, 2.75) is 31.3 Å². The van der Waals surface area contributed by atoms with Crippen molar-refractivity contribution in [2.75, 3.05) is 18.6 Å². The maximum Gasteiger partial charge on any atom is 0.219 e. The number of nitrogens with zero attached hydrogens (tertiary/aromatic N) is 5. The highest BCUT2D eigenvalue weighted by atomic mass is 19.1. The summed E-state index contributed by atoms with van der Waals surface area (Å²) in [6.45, 7) is 6.50. The summed E-state index contributed by atoms with van der Waals surface area (Å²) in [7, 11) is 1.97. The lowest BCUT2D eigenvalue weighted by Gasteiger charge is -2.30. The van der Waals surface area contributed by atoms with E-state index in [1.165, 1.54) is 12.3 Å². The van der Waals surface area contributed by atoms with Crippen molar-refractivity contribution in [1.29, 1.82) is 0 Å². The molecule has 1 atom stereocenters. The summed E-state index contributed by atoms with van der Waals surface area (Å²) in [6.07, 6.45) is 4.71. The average Bonchev–Trinajstić information content (AvgIpc) is 3.38. The third-order valence-electron chi connectivity index (χ3n) is 5.58. The number of aromatic nitrogens is 4. The third kappa shape index (κ3) is 2.51. The molecule has 7 nitrogen and oxygen atoms in total. The molecule has 28 heavy (non-hydrogen) atoms. The number of hydrogen-bond donors (Lipinski definition) is 1. The number of anilines is 1. The molecule has 1 aliphatic carbocycles. The second-order valence-electron chi connectivity index (χ2n) is 7.54. The van der Waals surface area contributed by atoms with Crippen LogP contribution in [0.3, 0.4) is 0 Å². The van der Waals surface area contributed by atoms with Crippen LogP contribution in [-0.4, -0.2) is 39.3 Å². The van der Waals surface area contributed by atoms with Gasteiger partial charge in [0.05, 0.1) is 29.7 Å². The Labute approximate surface area is 161 Å². The molecule has 1 aliphatic heterocycles. The summed E-state index contributed by atoms with van der Waals surface area (Å²) in [5, 5.41) is 8.12. The summed E-state index contributed by atoms with van der Waals surface area (Å²) < 4.78 is 21.9. The molecule has 1 saturated carbocycles. The summed E-state index contributed by atoms with van der Waals surface area (Å²) in [6, 6.07) is 5.35. The first kappa shape index (κ1) is 17.0. The number of halogens is 1. The molecule has 5 rings (SSSR count). The van der Waals surface area contributed by atoms with Crippen LogP contribution < -0.4 is 15.0 Å². The zero-order valence-electron chi connectivity index (χ0n) is 15.8. The van der Waals surface area contributed by atoms with Gasteiger partial charge in [0.15, 0.2) is 5.65 Å². The number of rotatable bonds is 0. The van der Waals surface area contributed by atoms with E-state index < -0.39 is 0 Å². The van der Waals surface area contributed by atoms with Crippen LogP contribution in [0.2, 0.25) is 0 Å². The summed E-state index contributed by atoms with van der Waals surface area (Å²) >= 11 is 0. The summed E-state index contributed by atoms with van der Waals surface area (Å²) in [5.41, 5.74) is 2.62. The van der Waals surface area contributed by atoms with E-state index in [1.54, 1.807) is 10.7 Å². The van der Waals surface area contributed by atoms with Crippen molar-refractivity contribution in [1.82, 2.24) is 24.9 Å². The van der Waals surface area contributed by atoms with E-state index in [0.29, 0.717) is 18.2 Å². The van der Waals surface area contributed by atoms with Gasteiger partial charge < -0.3 is 15.0 Å². The Kier molecular flexibility index (Phi) is 3.59. The molecule has 1 fully saturated rings. The summed E-state index contributed by atoms with van der Waals surface area (Å²) in [4.78, 5) is 10.7. The Morgan fingerprint density at radius 2 is 2.11 bits per heavy atom. The van der Waals surface area contributed by atoms with Gasteiger partial charge in [-0.3, -0.25) is 0 Å². The molecule has 144 valence electrons. The molecule has 0 unspecified atom stereocenters. The van der Waals surface area contributed by atoms with Gasteiger partial charge in [0.25, 0.3) is 0 Å². The quantitative estimate of drug-likeness (QED) is 0.647. The van der Waals surface area contributed by atoms with Crippen molar-refractivity contribution in [3.05, 3.63) is 54.2 Å².